The number of benzene rings is 2. The molecule has 2 aliphatic rings. The lowest BCUT2D eigenvalue weighted by Gasteiger charge is -2.34. The van der Waals surface area contributed by atoms with Crippen LogP contribution >= 0.6 is 0 Å². The molecular weight excluding hydrogens is 382 g/mol. The molecule has 0 amide bonds. The molecule has 7 nitrogen and oxygen atoms in total. The Kier molecular flexibility index (Phi) is 4.03. The first kappa shape index (κ1) is 17.9. The zero-order valence-corrected chi connectivity index (χ0v) is 15.8. The van der Waals surface area contributed by atoms with Crippen molar-refractivity contribution in [3.63, 3.8) is 0 Å². The molecule has 7 heteroatoms. The minimum absolute atomic E-state index is 0.104. The minimum atomic E-state index is -1.02. The van der Waals surface area contributed by atoms with Gasteiger partial charge in [0.1, 0.15) is 18.1 Å². The van der Waals surface area contributed by atoms with Crippen LogP contribution in [-0.4, -0.2) is 28.7 Å². The van der Waals surface area contributed by atoms with Gasteiger partial charge in [-0.2, -0.15) is 0 Å². The van der Waals surface area contributed by atoms with E-state index >= 15 is 0 Å². The molecule has 1 atom stereocenters. The summed E-state index contributed by atoms with van der Waals surface area (Å²) in [5, 5.41) is 8.95. The van der Waals surface area contributed by atoms with Gasteiger partial charge in [0.15, 0.2) is 5.54 Å². The summed E-state index contributed by atoms with van der Waals surface area (Å²) in [5.74, 6) is 0.286. The summed E-state index contributed by atoms with van der Waals surface area (Å²) in [6, 6.07) is 15.3. The summed E-state index contributed by atoms with van der Waals surface area (Å²) in [4.78, 5) is 19.8. The number of carbonyl (C=O) groups is 1. The molecular formula is C23H17N3O4. The molecule has 1 aromatic heterocycles. The summed E-state index contributed by atoms with van der Waals surface area (Å²) in [6.07, 6.45) is 6.14. The van der Waals surface area contributed by atoms with Gasteiger partial charge in [-0.1, -0.05) is 18.2 Å². The lowest BCUT2D eigenvalue weighted by molar-refractivity contribution is -0.131. The lowest BCUT2D eigenvalue weighted by atomic mass is 9.80. The van der Waals surface area contributed by atoms with Gasteiger partial charge in [-0.15, -0.1) is 0 Å². The number of hydrogen-bond acceptors (Lipinski definition) is 6. The number of hydrogen-bond donors (Lipinski definition) is 2. The highest BCUT2D eigenvalue weighted by Gasteiger charge is 2.47. The predicted octanol–water partition coefficient (Wildman–Crippen LogP) is 3.54. The van der Waals surface area contributed by atoms with E-state index in [2.05, 4.69) is 9.98 Å². The SMILES string of the molecule is NC1=N[C@]2(CO1)c1cc(/C=C/C(=O)O)ccc1Oc1ccc(-c3cccnc3)cc12. The number of nitrogens with zero attached hydrogens (tertiary/aromatic N) is 2. The van der Waals surface area contributed by atoms with Crippen LogP contribution in [0.2, 0.25) is 0 Å². The van der Waals surface area contributed by atoms with Crippen LogP contribution in [0, 0.1) is 0 Å². The molecule has 0 saturated carbocycles. The fraction of sp³-hybridized carbons (Fsp3) is 0.0870. The van der Waals surface area contributed by atoms with E-state index in [9.17, 15) is 4.79 Å². The Bertz CT molecular complexity index is 1220. The summed E-state index contributed by atoms with van der Waals surface area (Å²) in [7, 11) is 0. The number of nitrogens with two attached hydrogens (primary N) is 1. The third-order valence-electron chi connectivity index (χ3n) is 5.24. The fourth-order valence-corrected chi connectivity index (χ4v) is 3.86. The van der Waals surface area contributed by atoms with Gasteiger partial charge in [0.25, 0.3) is 6.02 Å². The second-order valence-corrected chi connectivity index (χ2v) is 7.08. The summed E-state index contributed by atoms with van der Waals surface area (Å²) in [5.41, 5.74) is 9.30. The van der Waals surface area contributed by atoms with Crippen LogP contribution in [0.1, 0.15) is 16.7 Å². The number of pyridine rings is 1. The summed E-state index contributed by atoms with van der Waals surface area (Å²) < 4.78 is 11.7. The van der Waals surface area contributed by atoms with Gasteiger partial charge in [0.05, 0.1) is 0 Å². The second-order valence-electron chi connectivity index (χ2n) is 7.08. The molecule has 3 heterocycles. The highest BCUT2D eigenvalue weighted by atomic mass is 16.5. The number of aliphatic imine (C=N–C) groups is 1. The fourth-order valence-electron chi connectivity index (χ4n) is 3.86. The molecule has 0 aliphatic carbocycles. The molecule has 0 radical (unpaired) electrons. The second kappa shape index (κ2) is 6.73. The normalized spacial score (nSPS) is 19.0. The topological polar surface area (TPSA) is 107 Å². The number of carboxylic acids is 1. The first-order valence-corrected chi connectivity index (χ1v) is 9.32. The number of amidine groups is 1. The maximum atomic E-state index is 10.9. The summed E-state index contributed by atoms with van der Waals surface area (Å²) in [6.45, 7) is 0.227. The Hall–Kier alpha value is -4.13. The van der Waals surface area contributed by atoms with Crippen molar-refractivity contribution in [2.24, 2.45) is 10.7 Å². The number of carboxylic acid groups (broad SMARTS) is 1. The number of fused-ring (bicyclic) bond motifs is 4. The van der Waals surface area contributed by atoms with Crippen molar-refractivity contribution < 1.29 is 19.4 Å². The van der Waals surface area contributed by atoms with Gasteiger partial charge in [-0.3, -0.25) is 4.98 Å². The molecule has 0 saturated heterocycles. The monoisotopic (exact) mass is 399 g/mol. The Morgan fingerprint density at radius 3 is 2.60 bits per heavy atom. The molecule has 3 aromatic rings. The molecule has 0 bridgehead atoms. The Morgan fingerprint density at radius 2 is 1.90 bits per heavy atom. The first-order chi connectivity index (χ1) is 14.5. The van der Waals surface area contributed by atoms with Crippen LogP contribution in [-0.2, 0) is 15.1 Å². The van der Waals surface area contributed by atoms with Gasteiger partial charge >= 0.3 is 5.97 Å². The van der Waals surface area contributed by atoms with Crippen molar-refractivity contribution in [2.75, 3.05) is 6.61 Å². The van der Waals surface area contributed by atoms with E-state index in [1.165, 1.54) is 6.08 Å². The van der Waals surface area contributed by atoms with Crippen molar-refractivity contribution in [3.8, 4) is 22.6 Å². The number of ether oxygens (including phenoxy) is 2. The average molecular weight is 399 g/mol. The van der Waals surface area contributed by atoms with Gasteiger partial charge in [-0.05, 0) is 47.5 Å². The van der Waals surface area contributed by atoms with Gasteiger partial charge in [0, 0.05) is 35.2 Å². The lowest BCUT2D eigenvalue weighted by Crippen LogP contribution is -2.31. The van der Waals surface area contributed by atoms with Crippen LogP contribution in [0.25, 0.3) is 17.2 Å². The van der Waals surface area contributed by atoms with Crippen LogP contribution < -0.4 is 10.5 Å². The molecule has 5 rings (SSSR count). The molecule has 30 heavy (non-hydrogen) atoms. The van der Waals surface area contributed by atoms with Gasteiger partial charge in [0.2, 0.25) is 0 Å². The predicted molar refractivity (Wildman–Crippen MR) is 111 cm³/mol. The van der Waals surface area contributed by atoms with E-state index < -0.39 is 11.5 Å². The smallest absolute Gasteiger partial charge is 0.328 e. The molecule has 2 aliphatic heterocycles. The van der Waals surface area contributed by atoms with Crippen LogP contribution in [0.5, 0.6) is 11.5 Å². The Morgan fingerprint density at radius 1 is 1.10 bits per heavy atom. The van der Waals surface area contributed by atoms with Crippen molar-refractivity contribution in [2.45, 2.75) is 5.54 Å². The van der Waals surface area contributed by atoms with Crippen molar-refractivity contribution in [1.29, 1.82) is 0 Å². The van der Waals surface area contributed by atoms with Crippen LogP contribution in [0.4, 0.5) is 0 Å². The number of aromatic nitrogens is 1. The van der Waals surface area contributed by atoms with Crippen LogP contribution in [0.3, 0.4) is 0 Å². The zero-order valence-electron chi connectivity index (χ0n) is 15.8. The highest BCUT2D eigenvalue weighted by molar-refractivity contribution is 5.85. The third kappa shape index (κ3) is 2.88. The van der Waals surface area contributed by atoms with Crippen molar-refractivity contribution in [1.82, 2.24) is 4.98 Å². The maximum Gasteiger partial charge on any atom is 0.328 e. The highest BCUT2D eigenvalue weighted by Crippen LogP contribution is 2.51. The average Bonchev–Trinajstić information content (AvgIpc) is 3.15. The Balaban J connectivity index is 1.69. The van der Waals surface area contributed by atoms with Gasteiger partial charge < -0.3 is 20.3 Å². The van der Waals surface area contributed by atoms with E-state index in [1.54, 1.807) is 24.5 Å². The van der Waals surface area contributed by atoms with E-state index in [0.29, 0.717) is 17.1 Å². The zero-order chi connectivity index (χ0) is 20.7. The summed E-state index contributed by atoms with van der Waals surface area (Å²) >= 11 is 0. The van der Waals surface area contributed by atoms with Crippen LogP contribution in [0.15, 0.2) is 72.0 Å². The van der Waals surface area contributed by atoms with Crippen molar-refractivity contribution >= 4 is 18.1 Å². The van der Waals surface area contributed by atoms with E-state index in [4.69, 9.17) is 20.3 Å². The third-order valence-corrected chi connectivity index (χ3v) is 5.24. The maximum absolute atomic E-state index is 10.9. The molecule has 0 fully saturated rings. The van der Waals surface area contributed by atoms with E-state index in [-0.39, 0.29) is 12.6 Å². The minimum Gasteiger partial charge on any atom is -0.478 e. The Labute approximate surface area is 172 Å². The largest absolute Gasteiger partial charge is 0.478 e. The molecule has 2 aromatic carbocycles. The quantitative estimate of drug-likeness (QED) is 0.653. The van der Waals surface area contributed by atoms with Gasteiger partial charge in [-0.25, -0.2) is 9.79 Å². The van der Waals surface area contributed by atoms with E-state index in [0.717, 1.165) is 28.3 Å². The van der Waals surface area contributed by atoms with Crippen molar-refractivity contribution in [3.05, 3.63) is 83.7 Å². The van der Waals surface area contributed by atoms with E-state index in [1.807, 2.05) is 36.4 Å². The molecule has 3 N–H and O–H groups in total. The number of aliphatic carboxylic acids is 1. The number of rotatable bonds is 3. The molecule has 0 unspecified atom stereocenters. The first-order valence-electron chi connectivity index (χ1n) is 9.32. The standard InChI is InChI=1S/C23H17N3O4/c24-22-26-23(13-29-22)17-10-14(4-8-21(27)28)3-6-19(17)30-20-7-5-15(11-18(20)23)16-2-1-9-25-12-16/h1-12H,13H2,(H2,24,26)(H,27,28)/b8-4+/t23-/m1/s1. The molecule has 148 valence electrons. The molecule has 1 spiro atoms.